The zero-order valence-corrected chi connectivity index (χ0v) is 12.0. The number of hydrogen-bond acceptors (Lipinski definition) is 2. The van der Waals surface area contributed by atoms with E-state index in [0.717, 1.165) is 24.7 Å². The maximum atomic E-state index is 5.78. The molecule has 4 rings (SSSR count). The second-order valence-electron chi connectivity index (χ2n) is 5.44. The molecule has 3 nitrogen and oxygen atoms in total. The van der Waals surface area contributed by atoms with E-state index >= 15 is 0 Å². The molecule has 1 aliphatic rings. The van der Waals surface area contributed by atoms with Gasteiger partial charge in [-0.15, -0.1) is 0 Å². The van der Waals surface area contributed by atoms with E-state index in [1.54, 1.807) is 7.11 Å². The van der Waals surface area contributed by atoms with Crippen molar-refractivity contribution >= 4 is 10.9 Å². The first-order chi connectivity index (χ1) is 10.3. The third-order valence-electron chi connectivity index (χ3n) is 4.19. The van der Waals surface area contributed by atoms with Crippen molar-refractivity contribution in [2.75, 3.05) is 13.7 Å². The van der Waals surface area contributed by atoms with Crippen LogP contribution in [0, 0.1) is 0 Å². The number of aromatic nitrogens is 1. The molecule has 2 heterocycles. The molecule has 3 aromatic rings. The molecule has 1 atom stereocenters. The molecule has 0 bridgehead atoms. The van der Waals surface area contributed by atoms with Gasteiger partial charge >= 0.3 is 0 Å². The molecule has 0 spiro atoms. The summed E-state index contributed by atoms with van der Waals surface area (Å²) in [5.41, 5.74) is 2.55. The van der Waals surface area contributed by atoms with Gasteiger partial charge in [0.2, 0.25) is 0 Å². The lowest BCUT2D eigenvalue weighted by molar-refractivity contribution is 0.320. The van der Waals surface area contributed by atoms with Crippen LogP contribution in [0.1, 0.15) is 11.5 Å². The van der Waals surface area contributed by atoms with Gasteiger partial charge in [-0.1, -0.05) is 18.2 Å². The quantitative estimate of drug-likeness (QED) is 0.727. The van der Waals surface area contributed by atoms with Crippen LogP contribution in [0.4, 0.5) is 0 Å². The van der Waals surface area contributed by atoms with Crippen LogP contribution in [0.5, 0.6) is 11.5 Å². The molecule has 1 unspecified atom stereocenters. The van der Waals surface area contributed by atoms with E-state index in [9.17, 15) is 0 Å². The second kappa shape index (κ2) is 4.85. The van der Waals surface area contributed by atoms with Crippen molar-refractivity contribution in [3.8, 4) is 11.5 Å². The summed E-state index contributed by atoms with van der Waals surface area (Å²) < 4.78 is 13.4. The molecule has 1 aliphatic heterocycles. The highest BCUT2D eigenvalue weighted by Gasteiger charge is 2.24. The third-order valence-corrected chi connectivity index (χ3v) is 4.19. The minimum atomic E-state index is 0.416. The standard InChI is InChI=1S/C18H17NO2/c1-20-15-6-7-17-13(10-15)8-9-19(17)11-14-12-21-18-5-3-2-4-16(14)18/h2-10,14H,11-12H2,1H3. The smallest absolute Gasteiger partial charge is 0.122 e. The topological polar surface area (TPSA) is 23.4 Å². The Bertz CT molecular complexity index is 791. The first kappa shape index (κ1) is 12.3. The fraction of sp³-hybridized carbons (Fsp3) is 0.222. The number of para-hydroxylation sites is 1. The van der Waals surface area contributed by atoms with Gasteiger partial charge in [-0.3, -0.25) is 0 Å². The molecule has 106 valence electrons. The van der Waals surface area contributed by atoms with Crippen molar-refractivity contribution in [2.24, 2.45) is 0 Å². The number of methoxy groups -OCH3 is 1. The van der Waals surface area contributed by atoms with Crippen LogP contribution >= 0.6 is 0 Å². The highest BCUT2D eigenvalue weighted by molar-refractivity contribution is 5.81. The summed E-state index contributed by atoms with van der Waals surface area (Å²) in [4.78, 5) is 0. The van der Waals surface area contributed by atoms with Crippen LogP contribution in [-0.4, -0.2) is 18.3 Å². The first-order valence-corrected chi connectivity index (χ1v) is 7.20. The summed E-state index contributed by atoms with van der Waals surface area (Å²) in [6.45, 7) is 1.70. The fourth-order valence-electron chi connectivity index (χ4n) is 3.08. The Kier molecular flexibility index (Phi) is 2.85. The highest BCUT2D eigenvalue weighted by atomic mass is 16.5. The molecule has 0 aliphatic carbocycles. The van der Waals surface area contributed by atoms with E-state index in [2.05, 4.69) is 41.1 Å². The maximum Gasteiger partial charge on any atom is 0.122 e. The Balaban J connectivity index is 1.66. The van der Waals surface area contributed by atoms with Crippen LogP contribution in [-0.2, 0) is 6.54 Å². The molecule has 0 amide bonds. The zero-order valence-electron chi connectivity index (χ0n) is 12.0. The average Bonchev–Trinajstić information content (AvgIpc) is 3.12. The lowest BCUT2D eigenvalue weighted by Crippen LogP contribution is -2.09. The highest BCUT2D eigenvalue weighted by Crippen LogP contribution is 2.35. The van der Waals surface area contributed by atoms with Crippen LogP contribution in [0.15, 0.2) is 54.7 Å². The van der Waals surface area contributed by atoms with Crippen molar-refractivity contribution in [1.82, 2.24) is 4.57 Å². The minimum Gasteiger partial charge on any atom is -0.497 e. The van der Waals surface area contributed by atoms with Gasteiger partial charge < -0.3 is 14.0 Å². The van der Waals surface area contributed by atoms with E-state index in [1.807, 2.05) is 18.2 Å². The monoisotopic (exact) mass is 279 g/mol. The molecule has 21 heavy (non-hydrogen) atoms. The van der Waals surface area contributed by atoms with E-state index < -0.39 is 0 Å². The molecule has 2 aromatic carbocycles. The normalized spacial score (nSPS) is 16.7. The first-order valence-electron chi connectivity index (χ1n) is 7.20. The maximum absolute atomic E-state index is 5.78. The van der Waals surface area contributed by atoms with Gasteiger partial charge in [-0.25, -0.2) is 0 Å². The van der Waals surface area contributed by atoms with Gasteiger partial charge in [0.1, 0.15) is 11.5 Å². The van der Waals surface area contributed by atoms with Gasteiger partial charge in [0.05, 0.1) is 13.7 Å². The van der Waals surface area contributed by atoms with Gasteiger partial charge in [-0.05, 0) is 30.3 Å². The molecule has 3 heteroatoms. The minimum absolute atomic E-state index is 0.416. The van der Waals surface area contributed by atoms with Gasteiger partial charge in [0, 0.05) is 35.1 Å². The molecular formula is C18H17NO2. The van der Waals surface area contributed by atoms with Crippen LogP contribution in [0.2, 0.25) is 0 Å². The van der Waals surface area contributed by atoms with E-state index in [-0.39, 0.29) is 0 Å². The Morgan fingerprint density at radius 2 is 2.10 bits per heavy atom. The van der Waals surface area contributed by atoms with Gasteiger partial charge in [-0.2, -0.15) is 0 Å². The molecule has 0 saturated carbocycles. The number of ether oxygens (including phenoxy) is 2. The summed E-state index contributed by atoms with van der Waals surface area (Å²) in [6, 6.07) is 16.7. The second-order valence-corrected chi connectivity index (χ2v) is 5.44. The number of hydrogen-bond donors (Lipinski definition) is 0. The predicted octanol–water partition coefficient (Wildman–Crippen LogP) is 3.83. The largest absolute Gasteiger partial charge is 0.497 e. The Morgan fingerprint density at radius 1 is 1.19 bits per heavy atom. The Hall–Kier alpha value is -2.42. The average molecular weight is 279 g/mol. The third kappa shape index (κ3) is 2.05. The predicted molar refractivity (Wildman–Crippen MR) is 83.2 cm³/mol. The summed E-state index contributed by atoms with van der Waals surface area (Å²) in [5.74, 6) is 2.34. The summed E-state index contributed by atoms with van der Waals surface area (Å²) in [7, 11) is 1.70. The molecule has 1 aromatic heterocycles. The van der Waals surface area contributed by atoms with Crippen LogP contribution in [0.25, 0.3) is 10.9 Å². The SMILES string of the molecule is COc1ccc2c(ccn2CC2COc3ccccc32)c1. The molecule has 0 saturated heterocycles. The number of nitrogens with zero attached hydrogens (tertiary/aromatic N) is 1. The van der Waals surface area contributed by atoms with Crippen molar-refractivity contribution in [2.45, 2.75) is 12.5 Å². The van der Waals surface area contributed by atoms with E-state index in [1.165, 1.54) is 16.5 Å². The van der Waals surface area contributed by atoms with Crippen molar-refractivity contribution in [3.63, 3.8) is 0 Å². The summed E-state index contributed by atoms with van der Waals surface area (Å²) in [5, 5.41) is 1.21. The Labute approximate surface area is 123 Å². The van der Waals surface area contributed by atoms with Crippen LogP contribution < -0.4 is 9.47 Å². The lowest BCUT2D eigenvalue weighted by atomic mass is 10.0. The number of fused-ring (bicyclic) bond motifs is 2. The zero-order chi connectivity index (χ0) is 14.2. The lowest BCUT2D eigenvalue weighted by Gasteiger charge is -2.12. The van der Waals surface area contributed by atoms with Gasteiger partial charge in [0.25, 0.3) is 0 Å². The summed E-state index contributed by atoms with van der Waals surface area (Å²) in [6.07, 6.45) is 2.14. The van der Waals surface area contributed by atoms with Crippen LogP contribution in [0.3, 0.4) is 0 Å². The Morgan fingerprint density at radius 3 is 3.00 bits per heavy atom. The van der Waals surface area contributed by atoms with Crippen molar-refractivity contribution < 1.29 is 9.47 Å². The summed E-state index contributed by atoms with van der Waals surface area (Å²) >= 11 is 0. The molecule has 0 N–H and O–H groups in total. The van der Waals surface area contributed by atoms with E-state index in [4.69, 9.17) is 9.47 Å². The fourth-order valence-corrected chi connectivity index (χ4v) is 3.08. The molecule has 0 radical (unpaired) electrons. The molecule has 0 fully saturated rings. The van der Waals surface area contributed by atoms with E-state index in [0.29, 0.717) is 5.92 Å². The number of benzene rings is 2. The van der Waals surface area contributed by atoms with Gasteiger partial charge in [0.15, 0.2) is 0 Å². The van der Waals surface area contributed by atoms with Crippen molar-refractivity contribution in [3.05, 3.63) is 60.3 Å². The molecular weight excluding hydrogens is 262 g/mol. The van der Waals surface area contributed by atoms with Crippen molar-refractivity contribution in [1.29, 1.82) is 0 Å². The number of rotatable bonds is 3.